The van der Waals surface area contributed by atoms with Crippen molar-refractivity contribution in [3.8, 4) is 0 Å². The summed E-state index contributed by atoms with van der Waals surface area (Å²) < 4.78 is 37.3. The lowest BCUT2D eigenvalue weighted by molar-refractivity contribution is -0.143. The van der Waals surface area contributed by atoms with Crippen LogP contribution in [0.1, 0.15) is 5.69 Å². The molecule has 0 aliphatic heterocycles. The molecule has 0 N–H and O–H groups in total. The standard InChI is InChI=1S/C6H3ClF3N3O/c1-13-4(6(8,9)10)3(7)5(12-13)11-2-14/h1H3. The van der Waals surface area contributed by atoms with Crippen LogP contribution in [0.2, 0.25) is 5.02 Å². The van der Waals surface area contributed by atoms with Gasteiger partial charge in [0, 0.05) is 7.05 Å². The maximum atomic E-state index is 12.3. The average Bonchev–Trinajstić information content (AvgIpc) is 2.26. The Kier molecular flexibility index (Phi) is 2.64. The predicted molar refractivity (Wildman–Crippen MR) is 41.0 cm³/mol. The lowest BCUT2D eigenvalue weighted by Gasteiger charge is -2.05. The first-order chi connectivity index (χ1) is 6.38. The highest BCUT2D eigenvalue weighted by Crippen LogP contribution is 2.38. The number of hydrogen-bond donors (Lipinski definition) is 0. The van der Waals surface area contributed by atoms with Crippen LogP contribution in [-0.2, 0) is 18.0 Å². The number of nitrogens with zero attached hydrogens (tertiary/aromatic N) is 3. The molecule has 0 aromatic carbocycles. The molecule has 0 spiro atoms. The molecular weight excluding hydrogens is 223 g/mol. The van der Waals surface area contributed by atoms with Crippen molar-refractivity contribution in [1.82, 2.24) is 9.78 Å². The van der Waals surface area contributed by atoms with Crippen LogP contribution in [0.5, 0.6) is 0 Å². The van der Waals surface area contributed by atoms with Crippen molar-refractivity contribution in [2.75, 3.05) is 0 Å². The molecule has 1 heterocycles. The molecule has 14 heavy (non-hydrogen) atoms. The molecule has 0 unspecified atom stereocenters. The van der Waals surface area contributed by atoms with Gasteiger partial charge in [-0.1, -0.05) is 11.6 Å². The fourth-order valence-electron chi connectivity index (χ4n) is 0.907. The molecule has 0 radical (unpaired) electrons. The molecule has 0 atom stereocenters. The lowest BCUT2D eigenvalue weighted by atomic mass is 10.4. The number of hydrogen-bond acceptors (Lipinski definition) is 3. The summed E-state index contributed by atoms with van der Waals surface area (Å²) in [4.78, 5) is 12.7. The Morgan fingerprint density at radius 1 is 1.57 bits per heavy atom. The van der Waals surface area contributed by atoms with Gasteiger partial charge in [-0.25, -0.2) is 4.79 Å². The zero-order valence-corrected chi connectivity index (χ0v) is 7.52. The van der Waals surface area contributed by atoms with Crippen molar-refractivity contribution < 1.29 is 18.0 Å². The minimum atomic E-state index is -4.63. The third kappa shape index (κ3) is 1.78. The molecule has 0 saturated heterocycles. The topological polar surface area (TPSA) is 47.2 Å². The first-order valence-corrected chi connectivity index (χ1v) is 3.63. The van der Waals surface area contributed by atoms with Crippen molar-refractivity contribution >= 4 is 23.5 Å². The fourth-order valence-corrected chi connectivity index (χ4v) is 1.22. The highest BCUT2D eigenvalue weighted by Gasteiger charge is 2.38. The van der Waals surface area contributed by atoms with E-state index in [9.17, 15) is 18.0 Å². The lowest BCUT2D eigenvalue weighted by Crippen LogP contribution is -2.12. The summed E-state index contributed by atoms with van der Waals surface area (Å²) in [5, 5.41) is 2.60. The van der Waals surface area contributed by atoms with Crippen molar-refractivity contribution in [1.29, 1.82) is 0 Å². The summed E-state index contributed by atoms with van der Waals surface area (Å²) in [5.74, 6) is -0.489. The molecule has 0 bridgehead atoms. The number of halogens is 4. The SMILES string of the molecule is Cn1nc(N=C=O)c(Cl)c1C(F)(F)F. The van der Waals surface area contributed by atoms with E-state index >= 15 is 0 Å². The van der Waals surface area contributed by atoms with Crippen LogP contribution in [0.25, 0.3) is 0 Å². The van der Waals surface area contributed by atoms with Gasteiger partial charge in [-0.15, -0.1) is 4.99 Å². The first kappa shape index (κ1) is 10.7. The predicted octanol–water partition coefficient (Wildman–Crippen LogP) is 2.06. The van der Waals surface area contributed by atoms with Crippen LogP contribution < -0.4 is 0 Å². The monoisotopic (exact) mass is 225 g/mol. The molecule has 0 fully saturated rings. The van der Waals surface area contributed by atoms with Crippen molar-refractivity contribution in [2.24, 2.45) is 12.0 Å². The van der Waals surface area contributed by atoms with Crippen molar-refractivity contribution in [2.45, 2.75) is 6.18 Å². The summed E-state index contributed by atoms with van der Waals surface area (Å²) in [6, 6.07) is 0. The Balaban J connectivity index is 3.39. The van der Waals surface area contributed by atoms with Crippen LogP contribution in [0, 0.1) is 0 Å². The smallest absolute Gasteiger partial charge is 0.260 e. The van der Waals surface area contributed by atoms with E-state index in [-0.39, 0.29) is 0 Å². The maximum absolute atomic E-state index is 12.3. The van der Waals surface area contributed by atoms with E-state index < -0.39 is 22.7 Å². The number of carbonyl (C=O) groups excluding carboxylic acids is 1. The van der Waals surface area contributed by atoms with E-state index in [1.54, 1.807) is 0 Å². The van der Waals surface area contributed by atoms with Gasteiger partial charge >= 0.3 is 6.18 Å². The Hall–Kier alpha value is -1.33. The van der Waals surface area contributed by atoms with Gasteiger partial charge in [0.2, 0.25) is 11.9 Å². The Labute approximate surface area is 81.0 Å². The summed E-state index contributed by atoms with van der Waals surface area (Å²) in [6.45, 7) is 0. The zero-order chi connectivity index (χ0) is 10.9. The Bertz CT molecular complexity index is 405. The second-order valence-corrected chi connectivity index (χ2v) is 2.69. The Morgan fingerprint density at radius 3 is 2.50 bits per heavy atom. The van der Waals surface area contributed by atoms with E-state index in [1.807, 2.05) is 0 Å². The van der Waals surface area contributed by atoms with Gasteiger partial charge in [0.25, 0.3) is 0 Å². The van der Waals surface area contributed by atoms with Crippen molar-refractivity contribution in [3.05, 3.63) is 10.7 Å². The minimum absolute atomic E-state index is 0.489. The molecule has 1 aromatic rings. The van der Waals surface area contributed by atoms with Gasteiger partial charge in [-0.3, -0.25) is 4.68 Å². The van der Waals surface area contributed by atoms with E-state index in [0.717, 1.165) is 13.1 Å². The number of isocyanates is 1. The average molecular weight is 226 g/mol. The molecule has 0 saturated carbocycles. The van der Waals surface area contributed by atoms with Crippen LogP contribution in [-0.4, -0.2) is 15.9 Å². The third-order valence-electron chi connectivity index (χ3n) is 1.39. The largest absolute Gasteiger partial charge is 0.434 e. The minimum Gasteiger partial charge on any atom is -0.260 e. The molecule has 8 heteroatoms. The number of aliphatic imine (C=N–C) groups is 1. The Morgan fingerprint density at radius 2 is 2.14 bits per heavy atom. The number of aromatic nitrogens is 2. The molecule has 1 aromatic heterocycles. The van der Waals surface area contributed by atoms with E-state index in [1.165, 1.54) is 0 Å². The van der Waals surface area contributed by atoms with Gasteiger partial charge in [0.05, 0.1) is 0 Å². The summed E-state index contributed by atoms with van der Waals surface area (Å²) in [7, 11) is 1.05. The fraction of sp³-hybridized carbons (Fsp3) is 0.333. The summed E-state index contributed by atoms with van der Waals surface area (Å²) in [6.07, 6.45) is -3.57. The molecule has 76 valence electrons. The summed E-state index contributed by atoms with van der Waals surface area (Å²) >= 11 is 5.32. The van der Waals surface area contributed by atoms with E-state index in [0.29, 0.717) is 4.68 Å². The molecular formula is C6H3ClF3N3O. The van der Waals surface area contributed by atoms with Crippen LogP contribution in [0.3, 0.4) is 0 Å². The highest BCUT2D eigenvalue weighted by molar-refractivity contribution is 6.33. The number of alkyl halides is 3. The quantitative estimate of drug-likeness (QED) is 0.543. The zero-order valence-electron chi connectivity index (χ0n) is 6.76. The highest BCUT2D eigenvalue weighted by atomic mass is 35.5. The van der Waals surface area contributed by atoms with Gasteiger partial charge in [0.1, 0.15) is 5.02 Å². The van der Waals surface area contributed by atoms with Gasteiger partial charge in [0.15, 0.2) is 5.69 Å². The van der Waals surface area contributed by atoms with Gasteiger partial charge in [-0.2, -0.15) is 18.3 Å². The molecule has 4 nitrogen and oxygen atoms in total. The molecule has 0 amide bonds. The number of rotatable bonds is 1. The molecule has 0 aliphatic rings. The van der Waals surface area contributed by atoms with Crippen LogP contribution >= 0.6 is 11.6 Å². The van der Waals surface area contributed by atoms with E-state index in [2.05, 4.69) is 10.1 Å². The van der Waals surface area contributed by atoms with Gasteiger partial charge in [-0.05, 0) is 0 Å². The van der Waals surface area contributed by atoms with Crippen LogP contribution in [0.4, 0.5) is 19.0 Å². The first-order valence-electron chi connectivity index (χ1n) is 3.25. The van der Waals surface area contributed by atoms with Gasteiger partial charge < -0.3 is 0 Å². The molecule has 0 aliphatic carbocycles. The van der Waals surface area contributed by atoms with E-state index in [4.69, 9.17) is 11.6 Å². The normalized spacial score (nSPS) is 11.2. The second kappa shape index (κ2) is 3.43. The maximum Gasteiger partial charge on any atom is 0.434 e. The second-order valence-electron chi connectivity index (χ2n) is 2.31. The van der Waals surface area contributed by atoms with Crippen molar-refractivity contribution in [3.63, 3.8) is 0 Å². The molecule has 1 rings (SSSR count). The summed E-state index contributed by atoms with van der Waals surface area (Å²) in [5.41, 5.74) is -1.15. The third-order valence-corrected chi connectivity index (χ3v) is 1.74. The number of aryl methyl sites for hydroxylation is 1. The van der Waals surface area contributed by atoms with Crippen LogP contribution in [0.15, 0.2) is 4.99 Å².